The van der Waals surface area contributed by atoms with Crippen LogP contribution < -0.4 is 5.32 Å². The Bertz CT molecular complexity index is 762. The molecule has 3 rings (SSSR count). The lowest BCUT2D eigenvalue weighted by Gasteiger charge is -2.34. The number of rotatable bonds is 7. The number of hydrogen-bond donors (Lipinski definition) is 1. The fourth-order valence-corrected chi connectivity index (χ4v) is 3.99. The molecule has 4 nitrogen and oxygen atoms in total. The van der Waals surface area contributed by atoms with E-state index in [9.17, 15) is 4.79 Å². The van der Waals surface area contributed by atoms with Crippen LogP contribution in [0.1, 0.15) is 53.9 Å². The van der Waals surface area contributed by atoms with Crippen LogP contribution in [0.15, 0.2) is 42.6 Å². The molecule has 1 fully saturated rings. The van der Waals surface area contributed by atoms with Crippen LogP contribution >= 0.6 is 0 Å². The number of carbonyl (C=O) groups is 1. The molecule has 28 heavy (non-hydrogen) atoms. The van der Waals surface area contributed by atoms with Crippen molar-refractivity contribution in [3.8, 4) is 0 Å². The zero-order valence-electron chi connectivity index (χ0n) is 17.4. The Morgan fingerprint density at radius 1 is 1.14 bits per heavy atom. The molecule has 0 spiro atoms. The van der Waals surface area contributed by atoms with Gasteiger partial charge in [0.1, 0.15) is 0 Å². The van der Waals surface area contributed by atoms with Crippen LogP contribution in [-0.2, 0) is 12.8 Å². The smallest absolute Gasteiger partial charge is 0.253 e. The molecular formula is C24H33N3O. The molecule has 0 radical (unpaired) electrons. The predicted molar refractivity (Wildman–Crippen MR) is 115 cm³/mol. The molecule has 1 aromatic heterocycles. The van der Waals surface area contributed by atoms with Crippen LogP contribution in [0.5, 0.6) is 0 Å². The van der Waals surface area contributed by atoms with Crippen molar-refractivity contribution >= 4 is 5.91 Å². The molecule has 0 atom stereocenters. The zero-order valence-corrected chi connectivity index (χ0v) is 17.4. The van der Waals surface area contributed by atoms with Crippen molar-refractivity contribution in [1.29, 1.82) is 0 Å². The van der Waals surface area contributed by atoms with Gasteiger partial charge in [-0.05, 0) is 88.7 Å². The number of pyridine rings is 1. The monoisotopic (exact) mass is 379 g/mol. The number of aromatic nitrogens is 1. The van der Waals surface area contributed by atoms with E-state index in [2.05, 4.69) is 53.3 Å². The molecule has 150 valence electrons. The van der Waals surface area contributed by atoms with Gasteiger partial charge in [0.2, 0.25) is 0 Å². The highest BCUT2D eigenvalue weighted by Gasteiger charge is 2.20. The lowest BCUT2D eigenvalue weighted by Crippen LogP contribution is -2.38. The number of aryl methyl sites for hydroxylation is 1. The SMILES string of the molecule is Cc1ncccc1C(=O)NCCc1ccc(CC2CCN(C(C)C)CC2)cc1. The van der Waals surface area contributed by atoms with Gasteiger partial charge in [-0.3, -0.25) is 9.78 Å². The molecule has 1 aliphatic rings. The van der Waals surface area contributed by atoms with Crippen molar-refractivity contribution in [2.75, 3.05) is 19.6 Å². The second-order valence-corrected chi connectivity index (χ2v) is 8.24. The van der Waals surface area contributed by atoms with Crippen LogP contribution in [0.25, 0.3) is 0 Å². The summed E-state index contributed by atoms with van der Waals surface area (Å²) in [5.74, 6) is 0.762. The van der Waals surface area contributed by atoms with E-state index >= 15 is 0 Å². The third-order valence-electron chi connectivity index (χ3n) is 5.88. The molecule has 0 bridgehead atoms. The van der Waals surface area contributed by atoms with Crippen molar-refractivity contribution in [2.45, 2.75) is 52.5 Å². The van der Waals surface area contributed by atoms with Gasteiger partial charge in [0, 0.05) is 24.5 Å². The van der Waals surface area contributed by atoms with Gasteiger partial charge < -0.3 is 10.2 Å². The molecule has 0 saturated carbocycles. The van der Waals surface area contributed by atoms with Gasteiger partial charge >= 0.3 is 0 Å². The Hall–Kier alpha value is -2.20. The summed E-state index contributed by atoms with van der Waals surface area (Å²) >= 11 is 0. The molecular weight excluding hydrogens is 346 g/mol. The number of piperidine rings is 1. The highest BCUT2D eigenvalue weighted by Crippen LogP contribution is 2.23. The largest absolute Gasteiger partial charge is 0.352 e. The summed E-state index contributed by atoms with van der Waals surface area (Å²) < 4.78 is 0. The summed E-state index contributed by atoms with van der Waals surface area (Å²) in [7, 11) is 0. The number of nitrogens with one attached hydrogen (secondary N) is 1. The molecule has 1 aromatic carbocycles. The molecule has 4 heteroatoms. The van der Waals surface area contributed by atoms with Crippen LogP contribution in [0.2, 0.25) is 0 Å². The topological polar surface area (TPSA) is 45.2 Å². The Labute approximate surface area is 169 Å². The van der Waals surface area contributed by atoms with Gasteiger partial charge in [0.15, 0.2) is 0 Å². The van der Waals surface area contributed by atoms with Gasteiger partial charge in [-0.25, -0.2) is 0 Å². The molecule has 1 amide bonds. The lowest BCUT2D eigenvalue weighted by atomic mass is 9.89. The van der Waals surface area contributed by atoms with Crippen molar-refractivity contribution in [2.24, 2.45) is 5.92 Å². The Balaban J connectivity index is 1.42. The van der Waals surface area contributed by atoms with Gasteiger partial charge in [-0.15, -0.1) is 0 Å². The van der Waals surface area contributed by atoms with E-state index in [1.807, 2.05) is 13.0 Å². The van der Waals surface area contributed by atoms with E-state index in [0.29, 0.717) is 18.2 Å². The van der Waals surface area contributed by atoms with Gasteiger partial charge in [-0.2, -0.15) is 0 Å². The minimum Gasteiger partial charge on any atom is -0.352 e. The van der Waals surface area contributed by atoms with Crippen LogP contribution in [0.3, 0.4) is 0 Å². The minimum atomic E-state index is -0.0463. The maximum Gasteiger partial charge on any atom is 0.253 e. The third kappa shape index (κ3) is 5.65. The van der Waals surface area contributed by atoms with Crippen molar-refractivity contribution in [3.05, 3.63) is 65.0 Å². The van der Waals surface area contributed by atoms with Crippen LogP contribution in [0.4, 0.5) is 0 Å². The summed E-state index contributed by atoms with van der Waals surface area (Å²) in [6, 6.07) is 13.2. The van der Waals surface area contributed by atoms with Crippen molar-refractivity contribution in [1.82, 2.24) is 15.2 Å². The molecule has 1 N–H and O–H groups in total. The minimum absolute atomic E-state index is 0.0463. The Morgan fingerprint density at radius 3 is 2.46 bits per heavy atom. The van der Waals surface area contributed by atoms with E-state index in [1.165, 1.54) is 43.5 Å². The molecule has 2 aromatic rings. The number of amides is 1. The number of carbonyl (C=O) groups excluding carboxylic acids is 1. The first kappa shape index (κ1) is 20.5. The molecule has 1 aliphatic heterocycles. The standard InChI is InChI=1S/C24H33N3O/c1-18(2)27-15-11-22(12-16-27)17-21-8-6-20(7-9-21)10-14-26-24(28)23-5-4-13-25-19(23)3/h4-9,13,18,22H,10-12,14-17H2,1-3H3,(H,26,28). The highest BCUT2D eigenvalue weighted by molar-refractivity contribution is 5.95. The summed E-state index contributed by atoms with van der Waals surface area (Å²) in [4.78, 5) is 19.0. The average Bonchev–Trinajstić information content (AvgIpc) is 2.70. The Kier molecular flexibility index (Phi) is 7.21. The first-order chi connectivity index (χ1) is 13.5. The van der Waals surface area contributed by atoms with Crippen molar-refractivity contribution in [3.63, 3.8) is 0 Å². The normalized spacial score (nSPS) is 15.7. The van der Waals surface area contributed by atoms with E-state index in [0.717, 1.165) is 18.0 Å². The van der Waals surface area contributed by atoms with E-state index in [-0.39, 0.29) is 5.91 Å². The second kappa shape index (κ2) is 9.83. The second-order valence-electron chi connectivity index (χ2n) is 8.24. The summed E-state index contributed by atoms with van der Waals surface area (Å²) in [5.41, 5.74) is 4.12. The van der Waals surface area contributed by atoms with Gasteiger partial charge in [0.05, 0.1) is 5.56 Å². The molecule has 2 heterocycles. The summed E-state index contributed by atoms with van der Waals surface area (Å²) in [5, 5.41) is 3.00. The first-order valence-electron chi connectivity index (χ1n) is 10.5. The van der Waals surface area contributed by atoms with E-state index < -0.39 is 0 Å². The molecule has 0 aliphatic carbocycles. The van der Waals surface area contributed by atoms with E-state index in [4.69, 9.17) is 0 Å². The quantitative estimate of drug-likeness (QED) is 0.790. The first-order valence-corrected chi connectivity index (χ1v) is 10.5. The summed E-state index contributed by atoms with van der Waals surface area (Å²) in [6.45, 7) is 9.55. The number of hydrogen-bond acceptors (Lipinski definition) is 3. The maximum absolute atomic E-state index is 12.2. The van der Waals surface area contributed by atoms with Gasteiger partial charge in [-0.1, -0.05) is 24.3 Å². The lowest BCUT2D eigenvalue weighted by molar-refractivity contribution is 0.0953. The van der Waals surface area contributed by atoms with Crippen molar-refractivity contribution < 1.29 is 4.79 Å². The third-order valence-corrected chi connectivity index (χ3v) is 5.88. The maximum atomic E-state index is 12.2. The fourth-order valence-electron chi connectivity index (χ4n) is 3.99. The van der Waals surface area contributed by atoms with Crippen LogP contribution in [0, 0.1) is 12.8 Å². The van der Waals surface area contributed by atoms with Gasteiger partial charge in [0.25, 0.3) is 5.91 Å². The highest BCUT2D eigenvalue weighted by atomic mass is 16.1. The Morgan fingerprint density at radius 2 is 1.82 bits per heavy atom. The predicted octanol–water partition coefficient (Wildman–Crippen LogP) is 4.03. The van der Waals surface area contributed by atoms with Crippen LogP contribution in [-0.4, -0.2) is 41.5 Å². The summed E-state index contributed by atoms with van der Waals surface area (Å²) in [6.07, 6.45) is 6.35. The number of nitrogens with zero attached hydrogens (tertiary/aromatic N) is 2. The van der Waals surface area contributed by atoms with E-state index in [1.54, 1.807) is 12.3 Å². The number of likely N-dealkylation sites (tertiary alicyclic amines) is 1. The molecule has 1 saturated heterocycles. The average molecular weight is 380 g/mol. The number of benzene rings is 1. The zero-order chi connectivity index (χ0) is 19.9. The molecule has 0 unspecified atom stereocenters. The fraction of sp³-hybridized carbons (Fsp3) is 0.500.